The van der Waals surface area contributed by atoms with Gasteiger partial charge in [0, 0.05) is 19.3 Å². The number of nitrogens with one attached hydrogen (secondary N) is 1. The summed E-state index contributed by atoms with van der Waals surface area (Å²) in [5.74, 6) is 1.29. The number of anilines is 2. The summed E-state index contributed by atoms with van der Waals surface area (Å²) < 4.78 is 5.65. The largest absolute Gasteiger partial charge is 0.488 e. The van der Waals surface area contributed by atoms with E-state index >= 15 is 0 Å². The molecule has 0 aromatic carbocycles. The summed E-state index contributed by atoms with van der Waals surface area (Å²) in [4.78, 5) is 3.97. The number of rotatable bonds is 3. The molecule has 0 amide bonds. The Kier molecular flexibility index (Phi) is 1.96. The number of aromatic nitrogens is 1. The highest BCUT2D eigenvalue weighted by Gasteiger charge is 2.24. The first-order valence-electron chi connectivity index (χ1n) is 4.40. The normalized spacial score (nSPS) is 15.5. The highest BCUT2D eigenvalue weighted by atomic mass is 16.5. The molecular formula is C9H13N3O. The molecule has 4 nitrogen and oxygen atoms in total. The van der Waals surface area contributed by atoms with E-state index in [9.17, 15) is 0 Å². The second-order valence-corrected chi connectivity index (χ2v) is 3.14. The zero-order valence-electron chi connectivity index (χ0n) is 7.58. The fraction of sp³-hybridized carbons (Fsp3) is 0.444. The van der Waals surface area contributed by atoms with Crippen molar-refractivity contribution in [3.8, 4) is 5.75 Å². The average molecular weight is 179 g/mol. The fourth-order valence-electron chi connectivity index (χ4n) is 1.17. The van der Waals surface area contributed by atoms with E-state index < -0.39 is 0 Å². The molecule has 0 unspecified atom stereocenters. The molecule has 1 fully saturated rings. The summed E-state index contributed by atoms with van der Waals surface area (Å²) in [5, 5.41) is 2.98. The van der Waals surface area contributed by atoms with Crippen molar-refractivity contribution < 1.29 is 4.74 Å². The summed E-state index contributed by atoms with van der Waals surface area (Å²) in [7, 11) is 1.81. The molecule has 0 radical (unpaired) electrons. The molecule has 0 saturated heterocycles. The Labute approximate surface area is 77.1 Å². The number of hydrogen-bond donors (Lipinski definition) is 2. The Balaban J connectivity index is 2.25. The van der Waals surface area contributed by atoms with Crippen LogP contribution in [0, 0.1) is 0 Å². The number of hydrogen-bond acceptors (Lipinski definition) is 4. The Morgan fingerprint density at radius 1 is 1.62 bits per heavy atom. The molecule has 70 valence electrons. The van der Waals surface area contributed by atoms with Crippen molar-refractivity contribution in [2.45, 2.75) is 18.9 Å². The van der Waals surface area contributed by atoms with Gasteiger partial charge in [-0.1, -0.05) is 0 Å². The molecule has 1 aromatic heterocycles. The van der Waals surface area contributed by atoms with Crippen LogP contribution in [0.15, 0.2) is 12.3 Å². The fourth-order valence-corrected chi connectivity index (χ4v) is 1.17. The Hall–Kier alpha value is -1.45. The SMILES string of the molecule is CNc1c(OC2CC2)ccnc1N. The van der Waals surface area contributed by atoms with Gasteiger partial charge in [0.15, 0.2) is 5.82 Å². The quantitative estimate of drug-likeness (QED) is 0.733. The van der Waals surface area contributed by atoms with E-state index in [0.717, 1.165) is 24.3 Å². The number of nitrogen functional groups attached to an aromatic ring is 1. The van der Waals surface area contributed by atoms with Crippen molar-refractivity contribution >= 4 is 11.5 Å². The summed E-state index contributed by atoms with van der Waals surface area (Å²) >= 11 is 0. The number of nitrogens with two attached hydrogens (primary N) is 1. The van der Waals surface area contributed by atoms with Crippen LogP contribution in [0.4, 0.5) is 11.5 Å². The molecule has 1 aromatic rings. The number of pyridine rings is 1. The van der Waals surface area contributed by atoms with Crippen LogP contribution < -0.4 is 15.8 Å². The molecule has 0 bridgehead atoms. The van der Waals surface area contributed by atoms with Crippen LogP contribution in [0.3, 0.4) is 0 Å². The second kappa shape index (κ2) is 3.12. The highest BCUT2D eigenvalue weighted by molar-refractivity contribution is 5.69. The van der Waals surface area contributed by atoms with E-state index in [1.807, 2.05) is 13.1 Å². The molecule has 0 atom stereocenters. The van der Waals surface area contributed by atoms with Crippen molar-refractivity contribution in [3.63, 3.8) is 0 Å². The van der Waals surface area contributed by atoms with E-state index in [4.69, 9.17) is 10.5 Å². The lowest BCUT2D eigenvalue weighted by molar-refractivity contribution is 0.304. The van der Waals surface area contributed by atoms with Crippen molar-refractivity contribution in [2.24, 2.45) is 0 Å². The maximum absolute atomic E-state index is 5.67. The lowest BCUT2D eigenvalue weighted by atomic mass is 10.3. The van der Waals surface area contributed by atoms with Gasteiger partial charge in [-0.25, -0.2) is 4.98 Å². The molecule has 13 heavy (non-hydrogen) atoms. The summed E-state index contributed by atoms with van der Waals surface area (Å²) in [5.41, 5.74) is 6.46. The predicted octanol–water partition coefficient (Wildman–Crippen LogP) is 1.25. The van der Waals surface area contributed by atoms with Gasteiger partial charge in [-0.05, 0) is 12.8 Å². The number of nitrogens with zero attached hydrogens (tertiary/aromatic N) is 1. The summed E-state index contributed by atoms with van der Waals surface area (Å²) in [6.45, 7) is 0. The number of ether oxygens (including phenoxy) is 1. The van der Waals surface area contributed by atoms with E-state index in [2.05, 4.69) is 10.3 Å². The van der Waals surface area contributed by atoms with Gasteiger partial charge >= 0.3 is 0 Å². The molecule has 1 heterocycles. The molecule has 1 aliphatic carbocycles. The van der Waals surface area contributed by atoms with Crippen LogP contribution in [-0.2, 0) is 0 Å². The van der Waals surface area contributed by atoms with E-state index in [0.29, 0.717) is 11.9 Å². The van der Waals surface area contributed by atoms with Crippen LogP contribution in [-0.4, -0.2) is 18.1 Å². The van der Waals surface area contributed by atoms with Crippen molar-refractivity contribution in [1.82, 2.24) is 4.98 Å². The van der Waals surface area contributed by atoms with Crippen LogP contribution in [0.2, 0.25) is 0 Å². The summed E-state index contributed by atoms with van der Waals surface area (Å²) in [6.07, 6.45) is 4.33. The minimum atomic E-state index is 0.383. The predicted molar refractivity (Wildman–Crippen MR) is 51.8 cm³/mol. The van der Waals surface area contributed by atoms with Crippen molar-refractivity contribution in [1.29, 1.82) is 0 Å². The topological polar surface area (TPSA) is 60.2 Å². The zero-order chi connectivity index (χ0) is 9.26. The minimum absolute atomic E-state index is 0.383. The molecular weight excluding hydrogens is 166 g/mol. The van der Waals surface area contributed by atoms with Gasteiger partial charge in [-0.3, -0.25) is 0 Å². The minimum Gasteiger partial charge on any atom is -0.488 e. The monoisotopic (exact) mass is 179 g/mol. The standard InChI is InChI=1S/C9H13N3O/c1-11-8-7(13-6-2-3-6)4-5-12-9(8)10/h4-6,11H,2-3H2,1H3,(H2,10,12). The lowest BCUT2D eigenvalue weighted by Gasteiger charge is -2.11. The Bertz CT molecular complexity index is 310. The average Bonchev–Trinajstić information content (AvgIpc) is 2.89. The zero-order valence-corrected chi connectivity index (χ0v) is 7.58. The second-order valence-electron chi connectivity index (χ2n) is 3.14. The molecule has 2 rings (SSSR count). The molecule has 1 saturated carbocycles. The first-order valence-corrected chi connectivity index (χ1v) is 4.40. The summed E-state index contributed by atoms with van der Waals surface area (Å²) in [6, 6.07) is 1.83. The Morgan fingerprint density at radius 2 is 2.38 bits per heavy atom. The van der Waals surface area contributed by atoms with Gasteiger partial charge in [-0.15, -0.1) is 0 Å². The lowest BCUT2D eigenvalue weighted by Crippen LogP contribution is -2.04. The van der Waals surface area contributed by atoms with Crippen LogP contribution in [0.5, 0.6) is 5.75 Å². The van der Waals surface area contributed by atoms with Gasteiger partial charge < -0.3 is 15.8 Å². The molecule has 4 heteroatoms. The van der Waals surface area contributed by atoms with Crippen molar-refractivity contribution in [3.05, 3.63) is 12.3 Å². The van der Waals surface area contributed by atoms with Crippen LogP contribution in [0.25, 0.3) is 0 Å². The molecule has 0 spiro atoms. The maximum atomic E-state index is 5.67. The third-order valence-electron chi connectivity index (χ3n) is 2.01. The first-order chi connectivity index (χ1) is 6.31. The molecule has 1 aliphatic rings. The van der Waals surface area contributed by atoms with E-state index in [-0.39, 0.29) is 0 Å². The van der Waals surface area contributed by atoms with Gasteiger partial charge in [-0.2, -0.15) is 0 Å². The first kappa shape index (κ1) is 8.16. The van der Waals surface area contributed by atoms with Crippen LogP contribution in [0.1, 0.15) is 12.8 Å². The van der Waals surface area contributed by atoms with Crippen LogP contribution >= 0.6 is 0 Å². The van der Waals surface area contributed by atoms with Gasteiger partial charge in [0.25, 0.3) is 0 Å². The highest BCUT2D eigenvalue weighted by Crippen LogP contribution is 2.33. The smallest absolute Gasteiger partial charge is 0.150 e. The van der Waals surface area contributed by atoms with Gasteiger partial charge in [0.1, 0.15) is 11.4 Å². The van der Waals surface area contributed by atoms with Gasteiger partial charge in [0.05, 0.1) is 6.10 Å². The van der Waals surface area contributed by atoms with E-state index in [1.54, 1.807) is 6.20 Å². The third-order valence-corrected chi connectivity index (χ3v) is 2.01. The van der Waals surface area contributed by atoms with Crippen molar-refractivity contribution in [2.75, 3.05) is 18.1 Å². The Morgan fingerprint density at radius 3 is 3.00 bits per heavy atom. The maximum Gasteiger partial charge on any atom is 0.150 e. The third kappa shape index (κ3) is 1.66. The van der Waals surface area contributed by atoms with E-state index in [1.165, 1.54) is 0 Å². The molecule has 3 N–H and O–H groups in total. The van der Waals surface area contributed by atoms with Gasteiger partial charge in [0.2, 0.25) is 0 Å². The molecule has 0 aliphatic heterocycles.